The van der Waals surface area contributed by atoms with Crippen LogP contribution in [0.25, 0.3) is 0 Å². The molecule has 1 aliphatic rings. The van der Waals surface area contributed by atoms with Crippen LogP contribution in [0.15, 0.2) is 18.2 Å². The van der Waals surface area contributed by atoms with E-state index in [0.717, 1.165) is 32.9 Å². The third-order valence-corrected chi connectivity index (χ3v) is 4.98. The zero-order valence-corrected chi connectivity index (χ0v) is 20.2. The van der Waals surface area contributed by atoms with E-state index in [2.05, 4.69) is 5.32 Å². The number of carbonyl (C=O) groups is 3. The molecule has 1 aromatic carbocycles. The number of esters is 3. The molecule has 0 bridgehead atoms. The van der Waals surface area contributed by atoms with Gasteiger partial charge < -0.3 is 34.1 Å². The molecule has 16 nitrogen and oxygen atoms in total. The molecule has 0 unspecified atom stereocenters. The Morgan fingerprint density at radius 1 is 1.03 bits per heavy atom. The zero-order valence-electron chi connectivity index (χ0n) is 20.2. The van der Waals surface area contributed by atoms with Crippen molar-refractivity contribution in [1.29, 1.82) is 0 Å². The zero-order chi connectivity index (χ0) is 27.7. The lowest BCUT2D eigenvalue weighted by Crippen LogP contribution is -2.61. The molecule has 0 amide bonds. The highest BCUT2D eigenvalue weighted by Crippen LogP contribution is 2.30. The summed E-state index contributed by atoms with van der Waals surface area (Å²) >= 11 is 0. The Labute approximate surface area is 210 Å². The van der Waals surface area contributed by atoms with E-state index in [9.17, 15) is 39.7 Å². The monoisotopic (exact) mass is 529 g/mol. The van der Waals surface area contributed by atoms with Crippen LogP contribution in [-0.2, 0) is 38.1 Å². The average Bonchev–Trinajstić information content (AvgIpc) is 2.80. The molecule has 204 valence electrons. The van der Waals surface area contributed by atoms with E-state index in [-0.39, 0.29) is 25.3 Å². The smallest absolute Gasteiger partial charge is 0.303 e. The van der Waals surface area contributed by atoms with Crippen LogP contribution in [0.1, 0.15) is 27.2 Å². The molecule has 1 saturated heterocycles. The summed E-state index contributed by atoms with van der Waals surface area (Å²) in [5.74, 6) is -2.19. The molecule has 1 heterocycles. The minimum absolute atomic E-state index is 0.0562. The fraction of sp³-hybridized carbons (Fsp3) is 0.571. The van der Waals surface area contributed by atoms with Crippen molar-refractivity contribution in [3.63, 3.8) is 0 Å². The average molecular weight is 529 g/mol. The van der Waals surface area contributed by atoms with Gasteiger partial charge in [-0.3, -0.25) is 34.6 Å². The summed E-state index contributed by atoms with van der Waals surface area (Å²) in [6.45, 7) is 3.02. The highest BCUT2D eigenvalue weighted by atomic mass is 16.7. The number of hydrogen-bond acceptors (Lipinski definition) is 14. The van der Waals surface area contributed by atoms with Gasteiger partial charge in [0.1, 0.15) is 24.5 Å². The van der Waals surface area contributed by atoms with Gasteiger partial charge in [-0.1, -0.05) is 0 Å². The van der Waals surface area contributed by atoms with Gasteiger partial charge in [-0.05, 0) is 12.5 Å². The van der Waals surface area contributed by atoms with E-state index in [4.69, 9.17) is 23.7 Å². The maximum absolute atomic E-state index is 11.6. The standard InChI is InChI=1S/C21H27N3O13/c1-11(25)34-10-17-18(28)19(35-12(2)26)20(36-13(3)27)21(37-17)33-8-4-7-22-15-6-5-14(23(29)30)9-16(15)24(31)32/h5-6,9,17-22,28H,4,7-8,10H2,1-3H3/t17-,18-,19+,20-,21-/m1/s1. The number of nitrogens with zero attached hydrogens (tertiary/aromatic N) is 2. The van der Waals surface area contributed by atoms with Gasteiger partial charge in [-0.2, -0.15) is 0 Å². The van der Waals surface area contributed by atoms with Gasteiger partial charge in [0.2, 0.25) is 0 Å². The Hall–Kier alpha value is -3.89. The summed E-state index contributed by atoms with van der Waals surface area (Å²) in [5, 5.41) is 35.5. The van der Waals surface area contributed by atoms with Crippen molar-refractivity contribution in [3.05, 3.63) is 38.4 Å². The van der Waals surface area contributed by atoms with Crippen LogP contribution in [-0.4, -0.2) is 83.3 Å². The second-order valence-electron chi connectivity index (χ2n) is 7.85. The number of non-ortho nitro benzene ring substituents is 1. The Balaban J connectivity index is 2.07. The van der Waals surface area contributed by atoms with Crippen molar-refractivity contribution in [1.82, 2.24) is 0 Å². The summed E-state index contributed by atoms with van der Waals surface area (Å²) in [6.07, 6.45) is -6.53. The third kappa shape index (κ3) is 8.62. The van der Waals surface area contributed by atoms with E-state index in [1.54, 1.807) is 0 Å². The molecule has 0 saturated carbocycles. The maximum Gasteiger partial charge on any atom is 0.303 e. The van der Waals surface area contributed by atoms with Gasteiger partial charge in [0.25, 0.3) is 11.4 Å². The van der Waals surface area contributed by atoms with Crippen molar-refractivity contribution in [2.75, 3.05) is 25.1 Å². The Kier molecular flexibility index (Phi) is 10.6. The van der Waals surface area contributed by atoms with Crippen LogP contribution in [0, 0.1) is 20.2 Å². The number of nitro groups is 2. The number of nitro benzene ring substituents is 2. The van der Waals surface area contributed by atoms with Crippen molar-refractivity contribution in [2.24, 2.45) is 0 Å². The Morgan fingerprint density at radius 3 is 2.24 bits per heavy atom. The third-order valence-electron chi connectivity index (χ3n) is 4.98. The highest BCUT2D eigenvalue weighted by molar-refractivity contribution is 5.68. The largest absolute Gasteiger partial charge is 0.463 e. The first-order chi connectivity index (χ1) is 17.4. The van der Waals surface area contributed by atoms with Crippen molar-refractivity contribution in [2.45, 2.75) is 57.9 Å². The lowest BCUT2D eigenvalue weighted by Gasteiger charge is -2.42. The lowest BCUT2D eigenvalue weighted by atomic mass is 9.98. The van der Waals surface area contributed by atoms with Crippen LogP contribution >= 0.6 is 0 Å². The number of carbonyl (C=O) groups excluding carboxylic acids is 3. The number of rotatable bonds is 12. The van der Waals surface area contributed by atoms with Gasteiger partial charge in [-0.25, -0.2) is 0 Å². The molecule has 0 aromatic heterocycles. The van der Waals surface area contributed by atoms with Gasteiger partial charge in [0.15, 0.2) is 18.5 Å². The summed E-state index contributed by atoms with van der Waals surface area (Å²) in [6, 6.07) is 3.17. The van der Waals surface area contributed by atoms with Crippen LogP contribution in [0.2, 0.25) is 0 Å². The maximum atomic E-state index is 11.6. The first-order valence-corrected chi connectivity index (χ1v) is 11.0. The molecule has 16 heteroatoms. The van der Waals surface area contributed by atoms with Crippen LogP contribution in [0.3, 0.4) is 0 Å². The number of nitrogens with one attached hydrogen (secondary N) is 1. The van der Waals surface area contributed by atoms with E-state index in [1.807, 2.05) is 0 Å². The van der Waals surface area contributed by atoms with Crippen LogP contribution in [0.5, 0.6) is 0 Å². The molecule has 2 N–H and O–H groups in total. The summed E-state index contributed by atoms with van der Waals surface area (Å²) in [4.78, 5) is 55.1. The fourth-order valence-corrected chi connectivity index (χ4v) is 3.43. The summed E-state index contributed by atoms with van der Waals surface area (Å²) in [5.41, 5.74) is -0.853. The molecular formula is C21H27N3O13. The number of aliphatic hydroxyl groups excluding tert-OH is 1. The highest BCUT2D eigenvalue weighted by Gasteiger charge is 2.50. The number of hydrogen-bond donors (Lipinski definition) is 2. The quantitative estimate of drug-likeness (QED) is 0.126. The van der Waals surface area contributed by atoms with E-state index >= 15 is 0 Å². The molecular weight excluding hydrogens is 502 g/mol. The topological polar surface area (TPSA) is 216 Å². The second kappa shape index (κ2) is 13.4. The molecule has 0 radical (unpaired) electrons. The molecule has 2 rings (SSSR count). The second-order valence-corrected chi connectivity index (χ2v) is 7.85. The van der Waals surface area contributed by atoms with Gasteiger partial charge in [-0.15, -0.1) is 0 Å². The number of anilines is 1. The van der Waals surface area contributed by atoms with Crippen molar-refractivity contribution in [3.8, 4) is 0 Å². The van der Waals surface area contributed by atoms with E-state index in [0.29, 0.717) is 0 Å². The van der Waals surface area contributed by atoms with E-state index in [1.165, 1.54) is 6.07 Å². The molecule has 5 atom stereocenters. The minimum atomic E-state index is -1.52. The first-order valence-electron chi connectivity index (χ1n) is 11.0. The molecule has 1 fully saturated rings. The minimum Gasteiger partial charge on any atom is -0.463 e. The summed E-state index contributed by atoms with van der Waals surface area (Å²) in [7, 11) is 0. The molecule has 1 aliphatic heterocycles. The van der Waals surface area contributed by atoms with Gasteiger partial charge >= 0.3 is 17.9 Å². The molecule has 1 aromatic rings. The molecule has 0 aliphatic carbocycles. The summed E-state index contributed by atoms with van der Waals surface area (Å²) < 4.78 is 26.5. The fourth-order valence-electron chi connectivity index (χ4n) is 3.43. The normalized spacial score (nSPS) is 23.0. The molecule has 37 heavy (non-hydrogen) atoms. The van der Waals surface area contributed by atoms with Gasteiger partial charge in [0, 0.05) is 33.4 Å². The van der Waals surface area contributed by atoms with Crippen molar-refractivity contribution >= 4 is 35.0 Å². The Bertz CT molecular complexity index is 1020. The van der Waals surface area contributed by atoms with Gasteiger partial charge in [0.05, 0.1) is 22.5 Å². The number of benzene rings is 1. The SMILES string of the molecule is CC(=O)OC[C@H]1O[C@@H](OCCCNc2ccc([N+](=O)[O-])cc2[N+](=O)[O-])[C@H](OC(C)=O)[C@@H](OC(C)=O)[C@@H]1O. The first kappa shape index (κ1) is 29.3. The Morgan fingerprint density at radius 2 is 1.68 bits per heavy atom. The molecule has 0 spiro atoms. The predicted octanol–water partition coefficient (Wildman–Crippen LogP) is 0.834. The number of ether oxygens (including phenoxy) is 5. The number of aliphatic hydroxyl groups is 1. The predicted molar refractivity (Wildman–Crippen MR) is 121 cm³/mol. The van der Waals surface area contributed by atoms with Crippen LogP contribution in [0.4, 0.5) is 17.1 Å². The van der Waals surface area contributed by atoms with E-state index < -0.39 is 76.4 Å². The van der Waals surface area contributed by atoms with Crippen molar-refractivity contribution < 1.29 is 53.0 Å². The lowest BCUT2D eigenvalue weighted by molar-refractivity contribution is -0.393. The van der Waals surface area contributed by atoms with Crippen LogP contribution < -0.4 is 5.32 Å².